The lowest BCUT2D eigenvalue weighted by Crippen LogP contribution is -2.15. The summed E-state index contributed by atoms with van der Waals surface area (Å²) in [7, 11) is -3.66. The minimum atomic E-state index is -3.66. The summed E-state index contributed by atoms with van der Waals surface area (Å²) in [6.45, 7) is 0. The van der Waals surface area contributed by atoms with Gasteiger partial charge in [0.2, 0.25) is 0 Å². The molecule has 0 fully saturated rings. The number of halogens is 1. The maximum absolute atomic E-state index is 12.4. The van der Waals surface area contributed by atoms with Crippen molar-refractivity contribution in [3.63, 3.8) is 0 Å². The molecule has 0 aromatic heterocycles. The summed E-state index contributed by atoms with van der Waals surface area (Å²) in [5.74, 6) is 8.98. The summed E-state index contributed by atoms with van der Waals surface area (Å²) in [6, 6.07) is 4.63. The quantitative estimate of drug-likeness (QED) is 0.552. The molecule has 0 unspecified atom stereocenters. The molecular formula is C6H8FN2O3P. The second kappa shape index (κ2) is 3.95. The predicted octanol–water partition coefficient (Wildman–Crippen LogP) is 0.425. The molecule has 0 radical (unpaired) electrons. The Hall–Kier alpha value is -0.780. The number of nitrogens with two attached hydrogens (primary N) is 2. The van der Waals surface area contributed by atoms with E-state index in [2.05, 4.69) is 9.25 Å². The molecule has 0 heterocycles. The minimum Gasteiger partial charge on any atom is -0.251 e. The molecule has 0 bridgehead atoms. The van der Waals surface area contributed by atoms with Gasteiger partial charge in [-0.1, -0.05) is 0 Å². The van der Waals surface area contributed by atoms with Gasteiger partial charge in [-0.25, -0.2) is 25.4 Å². The molecule has 0 aliphatic rings. The second-order valence-corrected chi connectivity index (χ2v) is 4.12. The molecular weight excluding hydrogens is 198 g/mol. The highest BCUT2D eigenvalue weighted by Crippen LogP contribution is 2.42. The van der Waals surface area contributed by atoms with Crippen molar-refractivity contribution in [2.75, 3.05) is 0 Å². The predicted molar refractivity (Wildman–Crippen MR) is 44.2 cm³/mol. The molecule has 0 spiro atoms. The largest absolute Gasteiger partial charge is 0.393 e. The van der Waals surface area contributed by atoms with Gasteiger partial charge in [-0.15, -0.1) is 0 Å². The van der Waals surface area contributed by atoms with Crippen molar-refractivity contribution in [3.8, 4) is 0 Å². The summed E-state index contributed by atoms with van der Waals surface area (Å²) >= 11 is 0. The van der Waals surface area contributed by atoms with Crippen LogP contribution in [0.5, 0.6) is 0 Å². The smallest absolute Gasteiger partial charge is 0.251 e. The van der Waals surface area contributed by atoms with Gasteiger partial charge in [0.05, 0.1) is 5.30 Å². The fraction of sp³-hybridized carbons (Fsp3) is 0. The van der Waals surface area contributed by atoms with Gasteiger partial charge in [-0.2, -0.15) is 0 Å². The maximum atomic E-state index is 12.4. The van der Waals surface area contributed by atoms with Gasteiger partial charge in [0, 0.05) is 0 Å². The van der Waals surface area contributed by atoms with Crippen LogP contribution in [0.15, 0.2) is 24.3 Å². The molecule has 13 heavy (non-hydrogen) atoms. The van der Waals surface area contributed by atoms with E-state index < -0.39 is 13.4 Å². The molecule has 1 aromatic rings. The molecule has 0 amide bonds. The van der Waals surface area contributed by atoms with Crippen molar-refractivity contribution in [3.05, 3.63) is 30.1 Å². The minimum absolute atomic E-state index is 0.0962. The Morgan fingerprint density at radius 2 is 1.62 bits per heavy atom. The van der Waals surface area contributed by atoms with E-state index in [1.165, 1.54) is 12.1 Å². The molecule has 7 heteroatoms. The molecule has 0 aliphatic carbocycles. The first-order valence-electron chi connectivity index (χ1n) is 3.25. The third-order valence-electron chi connectivity index (χ3n) is 1.42. The Balaban J connectivity index is 3.07. The molecule has 4 N–H and O–H groups in total. The highest BCUT2D eigenvalue weighted by atomic mass is 31.2. The average Bonchev–Trinajstić information content (AvgIpc) is 2.18. The first-order chi connectivity index (χ1) is 6.12. The van der Waals surface area contributed by atoms with E-state index in [4.69, 9.17) is 11.8 Å². The van der Waals surface area contributed by atoms with Gasteiger partial charge < -0.3 is 0 Å². The summed E-state index contributed by atoms with van der Waals surface area (Å²) < 4.78 is 32.1. The third kappa shape index (κ3) is 2.12. The highest BCUT2D eigenvalue weighted by Gasteiger charge is 2.25. The van der Waals surface area contributed by atoms with Crippen LogP contribution in [0.1, 0.15) is 0 Å². The van der Waals surface area contributed by atoms with Gasteiger partial charge >= 0.3 is 7.60 Å². The van der Waals surface area contributed by atoms with E-state index in [0.29, 0.717) is 0 Å². The number of benzene rings is 1. The Labute approximate surface area is 73.9 Å². The topological polar surface area (TPSA) is 87.6 Å². The number of hydrogen-bond acceptors (Lipinski definition) is 5. The zero-order chi connectivity index (χ0) is 9.90. The molecule has 0 atom stereocenters. The lowest BCUT2D eigenvalue weighted by Gasteiger charge is -2.11. The normalized spacial score (nSPS) is 11.6. The van der Waals surface area contributed by atoms with Gasteiger partial charge in [-0.3, -0.25) is 4.57 Å². The fourth-order valence-corrected chi connectivity index (χ4v) is 1.58. The zero-order valence-electron chi connectivity index (χ0n) is 6.51. The molecule has 0 saturated carbocycles. The van der Waals surface area contributed by atoms with Crippen molar-refractivity contribution in [2.45, 2.75) is 0 Å². The van der Waals surface area contributed by atoms with Crippen molar-refractivity contribution >= 4 is 12.9 Å². The monoisotopic (exact) mass is 206 g/mol. The summed E-state index contributed by atoms with van der Waals surface area (Å²) in [5, 5.41) is 0.0962. The molecule has 0 saturated heterocycles. The summed E-state index contributed by atoms with van der Waals surface area (Å²) in [6.07, 6.45) is 0. The molecule has 1 aromatic carbocycles. The lowest BCUT2D eigenvalue weighted by atomic mass is 10.4. The van der Waals surface area contributed by atoms with Gasteiger partial charge in [0.1, 0.15) is 5.82 Å². The number of hydrogen-bond donors (Lipinski definition) is 2. The third-order valence-corrected chi connectivity index (χ3v) is 2.91. The van der Waals surface area contributed by atoms with Crippen LogP contribution in [-0.2, 0) is 13.8 Å². The van der Waals surface area contributed by atoms with Crippen molar-refractivity contribution in [2.24, 2.45) is 11.8 Å². The van der Waals surface area contributed by atoms with E-state index in [1.54, 1.807) is 0 Å². The average molecular weight is 206 g/mol. The van der Waals surface area contributed by atoms with E-state index in [0.717, 1.165) is 12.1 Å². The van der Waals surface area contributed by atoms with Crippen molar-refractivity contribution in [1.82, 2.24) is 0 Å². The van der Waals surface area contributed by atoms with Crippen LogP contribution in [0, 0.1) is 5.82 Å². The van der Waals surface area contributed by atoms with Crippen LogP contribution in [0.3, 0.4) is 0 Å². The molecule has 0 aliphatic heterocycles. The first-order valence-corrected chi connectivity index (χ1v) is 4.80. The van der Waals surface area contributed by atoms with Gasteiger partial charge in [-0.05, 0) is 24.3 Å². The first kappa shape index (κ1) is 10.3. The molecule has 1 rings (SSSR count). The second-order valence-electron chi connectivity index (χ2n) is 2.18. The summed E-state index contributed by atoms with van der Waals surface area (Å²) in [4.78, 5) is 0. The van der Waals surface area contributed by atoms with E-state index >= 15 is 0 Å². The Kier molecular flexibility index (Phi) is 3.13. The summed E-state index contributed by atoms with van der Waals surface area (Å²) in [5.41, 5.74) is 0. The lowest BCUT2D eigenvalue weighted by molar-refractivity contribution is 0.221. The van der Waals surface area contributed by atoms with Crippen LogP contribution in [0.2, 0.25) is 0 Å². The van der Waals surface area contributed by atoms with Gasteiger partial charge in [0.15, 0.2) is 0 Å². The van der Waals surface area contributed by atoms with E-state index in [9.17, 15) is 8.96 Å². The highest BCUT2D eigenvalue weighted by molar-refractivity contribution is 7.62. The standard InChI is InChI=1S/C6H8FN2O3P/c7-5-1-3-6(4-2-5)13(10,11-8)12-9/h1-4H,8-9H2. The fourth-order valence-electron chi connectivity index (χ4n) is 0.770. The Bertz CT molecular complexity index is 321. The van der Waals surface area contributed by atoms with Crippen LogP contribution >= 0.6 is 7.60 Å². The number of rotatable bonds is 3. The van der Waals surface area contributed by atoms with Crippen LogP contribution in [0.4, 0.5) is 4.39 Å². The van der Waals surface area contributed by atoms with Crippen LogP contribution in [0.25, 0.3) is 0 Å². The van der Waals surface area contributed by atoms with Gasteiger partial charge in [0.25, 0.3) is 0 Å². The SMILES string of the molecule is NOP(=O)(ON)c1ccc(F)cc1. The van der Waals surface area contributed by atoms with E-state index in [1.807, 2.05) is 0 Å². The van der Waals surface area contributed by atoms with E-state index in [-0.39, 0.29) is 5.30 Å². The van der Waals surface area contributed by atoms with Crippen LogP contribution < -0.4 is 17.1 Å². The molecule has 5 nitrogen and oxygen atoms in total. The van der Waals surface area contributed by atoms with Crippen LogP contribution in [-0.4, -0.2) is 0 Å². The van der Waals surface area contributed by atoms with Crippen molar-refractivity contribution in [1.29, 1.82) is 0 Å². The van der Waals surface area contributed by atoms with Crippen molar-refractivity contribution < 1.29 is 18.2 Å². The Morgan fingerprint density at radius 1 is 1.15 bits per heavy atom. The molecule has 72 valence electrons. The Morgan fingerprint density at radius 3 is 2.00 bits per heavy atom. The zero-order valence-corrected chi connectivity index (χ0v) is 7.41. The maximum Gasteiger partial charge on any atom is 0.393 e.